The molecule has 0 saturated carbocycles. The van der Waals surface area contributed by atoms with E-state index in [4.69, 9.17) is 4.52 Å². The van der Waals surface area contributed by atoms with Gasteiger partial charge in [0.25, 0.3) is 11.6 Å². The van der Waals surface area contributed by atoms with Crippen molar-refractivity contribution in [3.63, 3.8) is 0 Å². The molecule has 2 unspecified atom stereocenters. The molecule has 2 atom stereocenters. The maximum Gasteiger partial charge on any atom is 0.416 e. The summed E-state index contributed by atoms with van der Waals surface area (Å²) in [6.07, 6.45) is -0.555. The van der Waals surface area contributed by atoms with Crippen molar-refractivity contribution in [2.75, 3.05) is 0 Å². The summed E-state index contributed by atoms with van der Waals surface area (Å²) in [5.41, 5.74) is 0.859. The van der Waals surface area contributed by atoms with Crippen LogP contribution in [0.4, 0.5) is 13.2 Å². The Labute approximate surface area is 177 Å². The van der Waals surface area contributed by atoms with Crippen LogP contribution in [0.2, 0.25) is 0 Å². The zero-order valence-electron chi connectivity index (χ0n) is 17.2. The molecule has 162 valence electrons. The lowest BCUT2D eigenvalue weighted by molar-refractivity contribution is -0.137. The second-order valence-electron chi connectivity index (χ2n) is 8.76. The van der Waals surface area contributed by atoms with Gasteiger partial charge in [0, 0.05) is 17.6 Å². The number of piperidine rings is 1. The molecule has 0 radical (unpaired) electrons. The number of benzene rings is 1. The number of rotatable bonds is 2. The van der Waals surface area contributed by atoms with E-state index in [1.54, 1.807) is 19.1 Å². The summed E-state index contributed by atoms with van der Waals surface area (Å²) in [4.78, 5) is 20.0. The average molecular weight is 429 g/mol. The highest BCUT2D eigenvalue weighted by Crippen LogP contribution is 2.40. The van der Waals surface area contributed by atoms with E-state index < -0.39 is 11.7 Å². The fourth-order valence-electron chi connectivity index (χ4n) is 5.19. The van der Waals surface area contributed by atoms with Crippen molar-refractivity contribution in [2.24, 2.45) is 5.92 Å². The van der Waals surface area contributed by atoms with Crippen LogP contribution >= 0.6 is 0 Å². The third-order valence-electron chi connectivity index (χ3n) is 6.54. The molecule has 4 heterocycles. The zero-order valence-corrected chi connectivity index (χ0v) is 17.2. The molecule has 3 aromatic rings. The largest absolute Gasteiger partial charge is 0.416 e. The van der Waals surface area contributed by atoms with E-state index >= 15 is 0 Å². The molecule has 1 aromatic carbocycles. The summed E-state index contributed by atoms with van der Waals surface area (Å²) < 4.78 is 44.9. The number of carbonyl (C=O) groups excluding carboxylic acids is 1. The van der Waals surface area contributed by atoms with Crippen LogP contribution in [0.1, 0.15) is 54.2 Å². The first-order chi connectivity index (χ1) is 14.7. The number of aryl methyl sites for hydroxylation is 1. The van der Waals surface area contributed by atoms with Crippen LogP contribution in [-0.2, 0) is 6.18 Å². The van der Waals surface area contributed by atoms with Crippen LogP contribution < -0.4 is 0 Å². The highest BCUT2D eigenvalue weighted by molar-refractivity contribution is 6.07. The number of halogens is 3. The van der Waals surface area contributed by atoms with Gasteiger partial charge in [0.2, 0.25) is 0 Å². The van der Waals surface area contributed by atoms with Gasteiger partial charge in [-0.1, -0.05) is 24.2 Å². The minimum absolute atomic E-state index is 0.119. The monoisotopic (exact) mass is 429 g/mol. The molecule has 2 fully saturated rings. The first-order valence-corrected chi connectivity index (χ1v) is 10.5. The van der Waals surface area contributed by atoms with Crippen molar-refractivity contribution in [3.05, 3.63) is 47.2 Å². The molecule has 2 saturated heterocycles. The molecule has 0 aliphatic carbocycles. The molecule has 5 nitrogen and oxygen atoms in total. The molecular weight excluding hydrogens is 407 g/mol. The summed E-state index contributed by atoms with van der Waals surface area (Å²) in [6, 6.07) is 6.92. The Bertz CT molecular complexity index is 1160. The third-order valence-corrected chi connectivity index (χ3v) is 6.54. The maximum absolute atomic E-state index is 13.7. The van der Waals surface area contributed by atoms with Crippen molar-refractivity contribution in [2.45, 2.75) is 57.8 Å². The fraction of sp³-hybridized carbons (Fsp3) is 0.435. The fourth-order valence-corrected chi connectivity index (χ4v) is 5.19. The highest BCUT2D eigenvalue weighted by Gasteiger charge is 2.43. The summed E-state index contributed by atoms with van der Waals surface area (Å²) >= 11 is 0. The minimum Gasteiger partial charge on any atom is -0.335 e. The van der Waals surface area contributed by atoms with E-state index in [9.17, 15) is 18.0 Å². The predicted octanol–water partition coefficient (Wildman–Crippen LogP) is 5.62. The molecule has 1 amide bonds. The SMILES string of the molecule is Cc1noc2nc(-c3cccc(C(F)(F)F)c3)cc(C(=O)N3C4CCC3CC(C)C4)c12. The first-order valence-electron chi connectivity index (χ1n) is 10.5. The Hall–Kier alpha value is -2.90. The number of alkyl halides is 3. The molecule has 0 spiro atoms. The van der Waals surface area contributed by atoms with Gasteiger partial charge in [-0.2, -0.15) is 13.2 Å². The first kappa shape index (κ1) is 20.0. The van der Waals surface area contributed by atoms with E-state index in [-0.39, 0.29) is 35.0 Å². The number of nitrogens with zero attached hydrogens (tertiary/aromatic N) is 3. The predicted molar refractivity (Wildman–Crippen MR) is 108 cm³/mol. The second-order valence-corrected chi connectivity index (χ2v) is 8.76. The van der Waals surface area contributed by atoms with Gasteiger partial charge in [-0.15, -0.1) is 0 Å². The normalized spacial score (nSPS) is 23.5. The van der Waals surface area contributed by atoms with Crippen LogP contribution in [0.25, 0.3) is 22.4 Å². The van der Waals surface area contributed by atoms with Crippen molar-refractivity contribution < 1.29 is 22.5 Å². The lowest BCUT2D eigenvalue weighted by Crippen LogP contribution is -2.46. The third kappa shape index (κ3) is 3.38. The van der Waals surface area contributed by atoms with Crippen LogP contribution in [-0.4, -0.2) is 33.0 Å². The number of aromatic nitrogens is 2. The minimum atomic E-state index is -4.47. The lowest BCUT2D eigenvalue weighted by Gasteiger charge is -2.38. The van der Waals surface area contributed by atoms with E-state index in [0.717, 1.165) is 37.8 Å². The standard InChI is InChI=1S/C23H22F3N3O2/c1-12-8-16-6-7-17(9-12)29(16)22(30)18-11-19(27-21-20(18)13(2)28-31-21)14-4-3-5-15(10-14)23(24,25)26/h3-5,10-12,16-17H,6-9H2,1-2H3. The van der Waals surface area contributed by atoms with E-state index in [1.807, 2.05) is 4.90 Å². The Morgan fingerprint density at radius 2 is 1.87 bits per heavy atom. The van der Waals surface area contributed by atoms with Gasteiger partial charge >= 0.3 is 6.18 Å². The van der Waals surface area contributed by atoms with Crippen LogP contribution in [0.5, 0.6) is 0 Å². The number of amides is 1. The molecule has 2 bridgehead atoms. The molecule has 5 rings (SSSR count). The van der Waals surface area contributed by atoms with Gasteiger partial charge in [-0.25, -0.2) is 4.98 Å². The van der Waals surface area contributed by atoms with Gasteiger partial charge in [-0.3, -0.25) is 4.79 Å². The lowest BCUT2D eigenvalue weighted by atomic mass is 9.91. The molecule has 8 heteroatoms. The van der Waals surface area contributed by atoms with Crippen molar-refractivity contribution >= 4 is 17.0 Å². The highest BCUT2D eigenvalue weighted by atomic mass is 19.4. The van der Waals surface area contributed by atoms with Gasteiger partial charge in [-0.05, 0) is 56.7 Å². The topological polar surface area (TPSA) is 59.2 Å². The van der Waals surface area contributed by atoms with Crippen LogP contribution in [0, 0.1) is 12.8 Å². The zero-order chi connectivity index (χ0) is 21.9. The van der Waals surface area contributed by atoms with Gasteiger partial charge in [0.15, 0.2) is 0 Å². The molecule has 2 aliphatic heterocycles. The summed E-state index contributed by atoms with van der Waals surface area (Å²) in [7, 11) is 0. The van der Waals surface area contributed by atoms with Crippen LogP contribution in [0.15, 0.2) is 34.9 Å². The van der Waals surface area contributed by atoms with E-state index in [0.29, 0.717) is 22.6 Å². The average Bonchev–Trinajstić information content (AvgIpc) is 3.23. The Kier molecular flexibility index (Phi) is 4.57. The molecule has 31 heavy (non-hydrogen) atoms. The Balaban J connectivity index is 1.62. The van der Waals surface area contributed by atoms with E-state index in [1.165, 1.54) is 6.07 Å². The number of pyridine rings is 1. The summed E-state index contributed by atoms with van der Waals surface area (Å²) in [5, 5.41) is 4.48. The number of fused-ring (bicyclic) bond motifs is 3. The van der Waals surface area contributed by atoms with E-state index in [2.05, 4.69) is 17.1 Å². The van der Waals surface area contributed by atoms with Gasteiger partial charge in [0.05, 0.1) is 27.9 Å². The van der Waals surface area contributed by atoms with Crippen molar-refractivity contribution in [1.82, 2.24) is 15.0 Å². The molecule has 0 N–H and O–H groups in total. The second kappa shape index (κ2) is 7.07. The number of carbonyl (C=O) groups is 1. The Morgan fingerprint density at radius 1 is 1.16 bits per heavy atom. The van der Waals surface area contributed by atoms with Gasteiger partial charge < -0.3 is 9.42 Å². The summed E-state index contributed by atoms with van der Waals surface area (Å²) in [5.74, 6) is 0.461. The molecular formula is C23H22F3N3O2. The number of hydrogen-bond donors (Lipinski definition) is 0. The van der Waals surface area contributed by atoms with Crippen LogP contribution in [0.3, 0.4) is 0 Å². The quantitative estimate of drug-likeness (QED) is 0.531. The smallest absolute Gasteiger partial charge is 0.335 e. The Morgan fingerprint density at radius 3 is 2.55 bits per heavy atom. The number of hydrogen-bond acceptors (Lipinski definition) is 4. The van der Waals surface area contributed by atoms with Gasteiger partial charge in [0.1, 0.15) is 0 Å². The molecule has 2 aromatic heterocycles. The molecule has 2 aliphatic rings. The maximum atomic E-state index is 13.7. The van der Waals surface area contributed by atoms with Crippen molar-refractivity contribution in [1.29, 1.82) is 0 Å². The van der Waals surface area contributed by atoms with Crippen molar-refractivity contribution in [3.8, 4) is 11.3 Å². The summed E-state index contributed by atoms with van der Waals surface area (Å²) in [6.45, 7) is 3.95.